The summed E-state index contributed by atoms with van der Waals surface area (Å²) in [4.78, 5) is 18.0. The van der Waals surface area contributed by atoms with E-state index in [1.807, 2.05) is 19.1 Å². The van der Waals surface area contributed by atoms with E-state index in [1.165, 1.54) is 21.8 Å². The molecule has 0 atom stereocenters. The summed E-state index contributed by atoms with van der Waals surface area (Å²) < 4.78 is 0. The van der Waals surface area contributed by atoms with E-state index in [0.717, 1.165) is 16.1 Å². The van der Waals surface area contributed by atoms with Gasteiger partial charge in [-0.15, -0.1) is 11.3 Å². The third-order valence-corrected chi connectivity index (χ3v) is 3.99. The summed E-state index contributed by atoms with van der Waals surface area (Å²) in [6.07, 6.45) is 0. The summed E-state index contributed by atoms with van der Waals surface area (Å²) in [6, 6.07) is 6.19. The Morgan fingerprint density at radius 3 is 2.80 bits per heavy atom. The van der Waals surface area contributed by atoms with Gasteiger partial charge in [-0.1, -0.05) is 23.8 Å². The third kappa shape index (κ3) is 3.05. The highest BCUT2D eigenvalue weighted by atomic mass is 32.1. The zero-order valence-electron chi connectivity index (χ0n) is 11.9. The summed E-state index contributed by atoms with van der Waals surface area (Å²) in [5.74, 6) is -0.161. The second-order valence-electron chi connectivity index (χ2n) is 4.81. The van der Waals surface area contributed by atoms with Gasteiger partial charge in [-0.25, -0.2) is 4.98 Å². The molecule has 0 aliphatic heterocycles. The second-order valence-corrected chi connectivity index (χ2v) is 5.66. The van der Waals surface area contributed by atoms with Gasteiger partial charge in [0.1, 0.15) is 10.7 Å². The zero-order chi connectivity index (χ0) is 14.7. The van der Waals surface area contributed by atoms with E-state index < -0.39 is 0 Å². The van der Waals surface area contributed by atoms with Crippen LogP contribution < -0.4 is 0 Å². The number of carbonyl (C=O) groups excluding carboxylic acids is 1. The first-order valence-electron chi connectivity index (χ1n) is 6.42. The molecule has 2 rings (SSSR count). The van der Waals surface area contributed by atoms with E-state index in [4.69, 9.17) is 5.11 Å². The van der Waals surface area contributed by atoms with Gasteiger partial charge in [-0.05, 0) is 19.4 Å². The molecule has 0 saturated heterocycles. The summed E-state index contributed by atoms with van der Waals surface area (Å²) >= 11 is 1.47. The fourth-order valence-corrected chi connectivity index (χ4v) is 2.88. The standard InChI is InChI=1S/C15H18N2O2S/c1-10-4-5-12(11(2)8-10)14-16-13(9-20-14)15(19)17(3)6-7-18/h4-5,8-9,18H,6-7H2,1-3H3. The summed E-state index contributed by atoms with van der Waals surface area (Å²) in [7, 11) is 1.66. The van der Waals surface area contributed by atoms with Gasteiger partial charge in [-0.2, -0.15) is 0 Å². The molecule has 1 N–H and O–H groups in total. The summed E-state index contributed by atoms with van der Waals surface area (Å²) in [6.45, 7) is 4.37. The van der Waals surface area contributed by atoms with Gasteiger partial charge in [0.05, 0.1) is 6.61 Å². The second kappa shape index (κ2) is 6.15. The minimum atomic E-state index is -0.161. The van der Waals surface area contributed by atoms with E-state index in [0.29, 0.717) is 12.2 Å². The minimum absolute atomic E-state index is 0.0453. The number of carbonyl (C=O) groups is 1. The van der Waals surface area contributed by atoms with Crippen LogP contribution >= 0.6 is 11.3 Å². The quantitative estimate of drug-likeness (QED) is 0.941. The van der Waals surface area contributed by atoms with Gasteiger partial charge in [0.2, 0.25) is 0 Å². The molecule has 1 aromatic carbocycles. The summed E-state index contributed by atoms with van der Waals surface area (Å²) in [5, 5.41) is 11.5. The van der Waals surface area contributed by atoms with Crippen LogP contribution in [0.1, 0.15) is 21.6 Å². The smallest absolute Gasteiger partial charge is 0.273 e. The molecule has 0 saturated carbocycles. The SMILES string of the molecule is Cc1ccc(-c2nc(C(=O)N(C)CCO)cs2)c(C)c1. The molecule has 1 amide bonds. The number of thiazole rings is 1. The van der Waals surface area contributed by atoms with Crippen LogP contribution in [0, 0.1) is 13.8 Å². The van der Waals surface area contributed by atoms with E-state index in [-0.39, 0.29) is 12.5 Å². The van der Waals surface area contributed by atoms with Crippen molar-refractivity contribution in [3.05, 3.63) is 40.4 Å². The van der Waals surface area contributed by atoms with Crippen LogP contribution in [0.3, 0.4) is 0 Å². The minimum Gasteiger partial charge on any atom is -0.395 e. The lowest BCUT2D eigenvalue weighted by Gasteiger charge is -2.13. The molecule has 0 aliphatic rings. The van der Waals surface area contributed by atoms with Crippen molar-refractivity contribution < 1.29 is 9.90 Å². The van der Waals surface area contributed by atoms with Crippen LogP contribution in [-0.2, 0) is 0 Å². The van der Waals surface area contributed by atoms with Crippen LogP contribution in [0.15, 0.2) is 23.6 Å². The number of amides is 1. The molecule has 0 bridgehead atoms. The molecule has 0 unspecified atom stereocenters. The van der Waals surface area contributed by atoms with Gasteiger partial charge in [0, 0.05) is 24.5 Å². The average molecular weight is 290 g/mol. The van der Waals surface area contributed by atoms with Crippen molar-refractivity contribution in [1.29, 1.82) is 0 Å². The predicted octanol–water partition coefficient (Wildman–Crippen LogP) is 2.49. The lowest BCUT2D eigenvalue weighted by atomic mass is 10.1. The maximum absolute atomic E-state index is 12.1. The molecular formula is C15H18N2O2S. The third-order valence-electron chi connectivity index (χ3n) is 3.12. The van der Waals surface area contributed by atoms with E-state index in [2.05, 4.69) is 18.0 Å². The molecule has 106 valence electrons. The van der Waals surface area contributed by atoms with Gasteiger partial charge < -0.3 is 10.0 Å². The Kier molecular flexibility index (Phi) is 4.52. The van der Waals surface area contributed by atoms with Crippen LogP contribution in [0.5, 0.6) is 0 Å². The number of hydrogen-bond donors (Lipinski definition) is 1. The van der Waals surface area contributed by atoms with Crippen molar-refractivity contribution in [1.82, 2.24) is 9.88 Å². The van der Waals surface area contributed by atoms with E-state index in [1.54, 1.807) is 12.4 Å². The highest BCUT2D eigenvalue weighted by molar-refractivity contribution is 7.13. The lowest BCUT2D eigenvalue weighted by molar-refractivity contribution is 0.0762. The van der Waals surface area contributed by atoms with Crippen LogP contribution in [0.4, 0.5) is 0 Å². The predicted molar refractivity (Wildman–Crippen MR) is 81.1 cm³/mol. The number of aryl methyl sites for hydroxylation is 2. The maximum atomic E-state index is 12.1. The number of rotatable bonds is 4. The van der Waals surface area contributed by atoms with E-state index in [9.17, 15) is 4.79 Å². The first-order chi connectivity index (χ1) is 9.52. The molecule has 20 heavy (non-hydrogen) atoms. The number of aliphatic hydroxyl groups is 1. The van der Waals surface area contributed by atoms with Gasteiger partial charge in [-0.3, -0.25) is 4.79 Å². The average Bonchev–Trinajstić information content (AvgIpc) is 2.87. The van der Waals surface area contributed by atoms with Crippen molar-refractivity contribution in [2.75, 3.05) is 20.2 Å². The number of aliphatic hydroxyl groups excluding tert-OH is 1. The van der Waals surface area contributed by atoms with Crippen molar-refractivity contribution >= 4 is 17.2 Å². The number of aromatic nitrogens is 1. The topological polar surface area (TPSA) is 53.4 Å². The zero-order valence-corrected chi connectivity index (χ0v) is 12.7. The Morgan fingerprint density at radius 2 is 2.15 bits per heavy atom. The lowest BCUT2D eigenvalue weighted by Crippen LogP contribution is -2.29. The van der Waals surface area contributed by atoms with Crippen LogP contribution in [0.2, 0.25) is 0 Å². The molecule has 5 heteroatoms. The number of nitrogens with zero attached hydrogens (tertiary/aromatic N) is 2. The molecule has 1 heterocycles. The molecule has 0 radical (unpaired) electrons. The largest absolute Gasteiger partial charge is 0.395 e. The molecular weight excluding hydrogens is 272 g/mol. The molecule has 0 aliphatic carbocycles. The Bertz CT molecular complexity index is 622. The maximum Gasteiger partial charge on any atom is 0.273 e. The number of benzene rings is 1. The molecule has 0 spiro atoms. The highest BCUT2D eigenvalue weighted by Crippen LogP contribution is 2.27. The molecule has 4 nitrogen and oxygen atoms in total. The molecule has 1 aromatic heterocycles. The first kappa shape index (κ1) is 14.7. The van der Waals surface area contributed by atoms with Crippen molar-refractivity contribution in [2.45, 2.75) is 13.8 Å². The highest BCUT2D eigenvalue weighted by Gasteiger charge is 2.16. The fourth-order valence-electron chi connectivity index (χ4n) is 2.00. The Labute approximate surface area is 122 Å². The Hall–Kier alpha value is -1.72. The Morgan fingerprint density at radius 1 is 1.40 bits per heavy atom. The van der Waals surface area contributed by atoms with Crippen LogP contribution in [0.25, 0.3) is 10.6 Å². The first-order valence-corrected chi connectivity index (χ1v) is 7.30. The van der Waals surface area contributed by atoms with Crippen molar-refractivity contribution in [3.8, 4) is 10.6 Å². The van der Waals surface area contributed by atoms with E-state index >= 15 is 0 Å². The van der Waals surface area contributed by atoms with Crippen molar-refractivity contribution in [2.24, 2.45) is 0 Å². The number of likely N-dealkylation sites (N-methyl/N-ethyl adjacent to an activating group) is 1. The van der Waals surface area contributed by atoms with Gasteiger partial charge >= 0.3 is 0 Å². The van der Waals surface area contributed by atoms with Gasteiger partial charge in [0.15, 0.2) is 0 Å². The Balaban J connectivity index is 2.27. The molecule has 0 fully saturated rings. The summed E-state index contributed by atoms with van der Waals surface area (Å²) in [5.41, 5.74) is 3.86. The van der Waals surface area contributed by atoms with Crippen molar-refractivity contribution in [3.63, 3.8) is 0 Å². The van der Waals surface area contributed by atoms with Gasteiger partial charge in [0.25, 0.3) is 5.91 Å². The number of hydrogen-bond acceptors (Lipinski definition) is 4. The van der Waals surface area contributed by atoms with Crippen LogP contribution in [-0.4, -0.2) is 41.1 Å². The molecule has 2 aromatic rings. The normalized spacial score (nSPS) is 10.6. The fraction of sp³-hybridized carbons (Fsp3) is 0.333. The monoisotopic (exact) mass is 290 g/mol.